The smallest absolute Gasteiger partial charge is 0.123 e. The van der Waals surface area contributed by atoms with Gasteiger partial charge in [-0.25, -0.2) is 0 Å². The molecule has 2 rings (SSSR count). The SMILES string of the molecule is CC(C)Oc1ccccc1C1CC(C)(C)CCC1CN. The highest BCUT2D eigenvalue weighted by Gasteiger charge is 2.36. The van der Waals surface area contributed by atoms with Gasteiger partial charge in [-0.05, 0) is 68.5 Å². The number of hydrogen-bond donors (Lipinski definition) is 1. The van der Waals surface area contributed by atoms with Gasteiger partial charge in [0.05, 0.1) is 6.10 Å². The van der Waals surface area contributed by atoms with E-state index in [-0.39, 0.29) is 6.10 Å². The monoisotopic (exact) mass is 275 g/mol. The molecule has 112 valence electrons. The Morgan fingerprint density at radius 1 is 1.30 bits per heavy atom. The number of ether oxygens (including phenoxy) is 1. The molecule has 1 aromatic carbocycles. The molecular weight excluding hydrogens is 246 g/mol. The standard InChI is InChI=1S/C18H29NO/c1-13(2)20-17-8-6-5-7-15(17)16-11-18(3,4)10-9-14(16)12-19/h5-8,13-14,16H,9-12,19H2,1-4H3. The highest BCUT2D eigenvalue weighted by Crippen LogP contribution is 2.48. The molecule has 1 fully saturated rings. The Bertz CT molecular complexity index is 439. The fourth-order valence-electron chi connectivity index (χ4n) is 3.44. The van der Waals surface area contributed by atoms with Gasteiger partial charge in [0.25, 0.3) is 0 Å². The van der Waals surface area contributed by atoms with Crippen molar-refractivity contribution < 1.29 is 4.74 Å². The van der Waals surface area contributed by atoms with Crippen LogP contribution in [0, 0.1) is 11.3 Å². The molecule has 1 aromatic rings. The summed E-state index contributed by atoms with van der Waals surface area (Å²) in [4.78, 5) is 0. The summed E-state index contributed by atoms with van der Waals surface area (Å²) >= 11 is 0. The molecule has 20 heavy (non-hydrogen) atoms. The Morgan fingerprint density at radius 3 is 2.65 bits per heavy atom. The average molecular weight is 275 g/mol. The van der Waals surface area contributed by atoms with E-state index in [2.05, 4.69) is 52.0 Å². The molecule has 2 N–H and O–H groups in total. The Morgan fingerprint density at radius 2 is 2.00 bits per heavy atom. The zero-order chi connectivity index (χ0) is 14.8. The Kier molecular flexibility index (Phi) is 4.74. The summed E-state index contributed by atoms with van der Waals surface area (Å²) in [6, 6.07) is 8.52. The normalized spacial score (nSPS) is 25.7. The molecule has 0 heterocycles. The molecule has 0 aromatic heterocycles. The van der Waals surface area contributed by atoms with Gasteiger partial charge in [0.2, 0.25) is 0 Å². The molecule has 0 bridgehead atoms. The lowest BCUT2D eigenvalue weighted by atomic mass is 9.65. The summed E-state index contributed by atoms with van der Waals surface area (Å²) in [5.41, 5.74) is 7.79. The second-order valence-corrected chi connectivity index (χ2v) is 7.21. The van der Waals surface area contributed by atoms with Gasteiger partial charge in [-0.2, -0.15) is 0 Å². The molecule has 0 amide bonds. The van der Waals surface area contributed by atoms with Crippen LogP contribution < -0.4 is 10.5 Å². The first-order valence-corrected chi connectivity index (χ1v) is 7.88. The maximum atomic E-state index is 6.03. The van der Waals surface area contributed by atoms with E-state index >= 15 is 0 Å². The van der Waals surface area contributed by atoms with Crippen LogP contribution in [0.25, 0.3) is 0 Å². The van der Waals surface area contributed by atoms with E-state index in [4.69, 9.17) is 10.5 Å². The zero-order valence-electron chi connectivity index (χ0n) is 13.4. The van der Waals surface area contributed by atoms with Gasteiger partial charge in [0, 0.05) is 0 Å². The van der Waals surface area contributed by atoms with Gasteiger partial charge in [-0.1, -0.05) is 32.0 Å². The van der Waals surface area contributed by atoms with Gasteiger partial charge in [-0.3, -0.25) is 0 Å². The van der Waals surface area contributed by atoms with Gasteiger partial charge >= 0.3 is 0 Å². The molecule has 1 aliphatic rings. The fourth-order valence-corrected chi connectivity index (χ4v) is 3.44. The third-order valence-corrected chi connectivity index (χ3v) is 4.52. The second-order valence-electron chi connectivity index (χ2n) is 7.21. The molecule has 2 heteroatoms. The van der Waals surface area contributed by atoms with Crippen molar-refractivity contribution in [2.24, 2.45) is 17.1 Å². The highest BCUT2D eigenvalue weighted by atomic mass is 16.5. The van der Waals surface area contributed by atoms with Crippen LogP contribution in [-0.2, 0) is 0 Å². The first-order valence-electron chi connectivity index (χ1n) is 7.88. The van der Waals surface area contributed by atoms with Crippen LogP contribution in [0.3, 0.4) is 0 Å². The maximum absolute atomic E-state index is 6.03. The third-order valence-electron chi connectivity index (χ3n) is 4.52. The summed E-state index contributed by atoms with van der Waals surface area (Å²) in [5.74, 6) is 2.15. The summed E-state index contributed by atoms with van der Waals surface area (Å²) in [6.07, 6.45) is 3.92. The molecule has 2 atom stereocenters. The van der Waals surface area contributed by atoms with Gasteiger partial charge in [0.1, 0.15) is 5.75 Å². The summed E-state index contributed by atoms with van der Waals surface area (Å²) in [7, 11) is 0. The van der Waals surface area contributed by atoms with Crippen molar-refractivity contribution in [2.45, 2.75) is 59.0 Å². The lowest BCUT2D eigenvalue weighted by Gasteiger charge is -2.41. The molecule has 0 spiro atoms. The van der Waals surface area contributed by atoms with Crippen molar-refractivity contribution in [1.29, 1.82) is 0 Å². The van der Waals surface area contributed by atoms with Gasteiger partial charge in [-0.15, -0.1) is 0 Å². The predicted molar refractivity (Wildman–Crippen MR) is 85.1 cm³/mol. The summed E-state index contributed by atoms with van der Waals surface area (Å²) in [5, 5.41) is 0. The molecule has 0 aliphatic heterocycles. The Hall–Kier alpha value is -1.02. The number of benzene rings is 1. The van der Waals surface area contributed by atoms with E-state index in [1.807, 2.05) is 0 Å². The Balaban J connectivity index is 2.31. The molecule has 1 saturated carbocycles. The van der Waals surface area contributed by atoms with E-state index in [9.17, 15) is 0 Å². The van der Waals surface area contributed by atoms with Gasteiger partial charge in [0.15, 0.2) is 0 Å². The van der Waals surface area contributed by atoms with Crippen LogP contribution in [0.5, 0.6) is 5.75 Å². The van der Waals surface area contributed by atoms with Crippen molar-refractivity contribution in [3.63, 3.8) is 0 Å². The molecule has 0 radical (unpaired) electrons. The van der Waals surface area contributed by atoms with Crippen molar-refractivity contribution >= 4 is 0 Å². The molecular formula is C18H29NO. The summed E-state index contributed by atoms with van der Waals surface area (Å²) in [6.45, 7) is 9.69. The number of rotatable bonds is 4. The first-order chi connectivity index (χ1) is 9.43. The van der Waals surface area contributed by atoms with E-state index < -0.39 is 0 Å². The van der Waals surface area contributed by atoms with E-state index in [1.165, 1.54) is 24.8 Å². The molecule has 2 unspecified atom stereocenters. The zero-order valence-corrected chi connectivity index (χ0v) is 13.4. The van der Waals surface area contributed by atoms with E-state index in [0.29, 0.717) is 17.3 Å². The van der Waals surface area contributed by atoms with Crippen LogP contribution in [0.2, 0.25) is 0 Å². The van der Waals surface area contributed by atoms with Crippen molar-refractivity contribution in [2.75, 3.05) is 6.54 Å². The largest absolute Gasteiger partial charge is 0.491 e. The molecule has 1 aliphatic carbocycles. The number of nitrogens with two attached hydrogens (primary N) is 1. The van der Waals surface area contributed by atoms with Crippen LogP contribution in [0.1, 0.15) is 58.4 Å². The average Bonchev–Trinajstić information content (AvgIpc) is 2.38. The van der Waals surface area contributed by atoms with E-state index in [1.54, 1.807) is 0 Å². The highest BCUT2D eigenvalue weighted by molar-refractivity contribution is 5.37. The number of hydrogen-bond acceptors (Lipinski definition) is 2. The van der Waals surface area contributed by atoms with Crippen molar-refractivity contribution in [3.05, 3.63) is 29.8 Å². The van der Waals surface area contributed by atoms with Crippen LogP contribution in [-0.4, -0.2) is 12.6 Å². The molecule has 0 saturated heterocycles. The van der Waals surface area contributed by atoms with Crippen LogP contribution in [0.4, 0.5) is 0 Å². The minimum atomic E-state index is 0.212. The molecule has 2 nitrogen and oxygen atoms in total. The van der Waals surface area contributed by atoms with Crippen LogP contribution in [0.15, 0.2) is 24.3 Å². The quantitative estimate of drug-likeness (QED) is 0.887. The lowest BCUT2D eigenvalue weighted by molar-refractivity contribution is 0.160. The topological polar surface area (TPSA) is 35.2 Å². The minimum absolute atomic E-state index is 0.212. The first kappa shape index (κ1) is 15.4. The van der Waals surface area contributed by atoms with E-state index in [0.717, 1.165) is 12.3 Å². The number of para-hydroxylation sites is 1. The minimum Gasteiger partial charge on any atom is -0.491 e. The van der Waals surface area contributed by atoms with Crippen molar-refractivity contribution in [3.8, 4) is 5.75 Å². The summed E-state index contributed by atoms with van der Waals surface area (Å²) < 4.78 is 6.02. The predicted octanol–water partition coefficient (Wildman–Crippen LogP) is 4.34. The Labute approximate surface area is 123 Å². The fraction of sp³-hybridized carbons (Fsp3) is 0.667. The van der Waals surface area contributed by atoms with Gasteiger partial charge < -0.3 is 10.5 Å². The lowest BCUT2D eigenvalue weighted by Crippen LogP contribution is -2.33. The second kappa shape index (κ2) is 6.17. The van der Waals surface area contributed by atoms with Crippen molar-refractivity contribution in [1.82, 2.24) is 0 Å². The third kappa shape index (κ3) is 3.54. The maximum Gasteiger partial charge on any atom is 0.123 e. The van der Waals surface area contributed by atoms with Crippen LogP contribution >= 0.6 is 0 Å².